The molecule has 0 N–H and O–H groups in total. The number of rotatable bonds is 3. The monoisotopic (exact) mass is 317 g/mol. The lowest BCUT2D eigenvalue weighted by molar-refractivity contribution is 0.0771. The summed E-state index contributed by atoms with van der Waals surface area (Å²) in [6, 6.07) is 2.46. The van der Waals surface area contributed by atoms with Crippen LogP contribution in [0.15, 0.2) is 18.5 Å². The molecule has 2 heterocycles. The van der Waals surface area contributed by atoms with Crippen molar-refractivity contribution in [2.24, 2.45) is 0 Å². The fraction of sp³-hybridized carbons (Fsp3) is 0.364. The van der Waals surface area contributed by atoms with E-state index in [9.17, 15) is 21.5 Å². The predicted octanol–water partition coefficient (Wildman–Crippen LogP) is 0.752. The first-order valence-electron chi connectivity index (χ1n) is 5.71. The minimum atomic E-state index is -5.23. The van der Waals surface area contributed by atoms with Gasteiger partial charge in [-0.3, -0.25) is 9.78 Å². The maximum atomic E-state index is 13.7. The smallest absolute Gasteiger partial charge is 0.357 e. The van der Waals surface area contributed by atoms with Crippen molar-refractivity contribution in [1.29, 1.82) is 5.26 Å². The first-order chi connectivity index (χ1) is 9.72. The quantitative estimate of drug-likeness (QED) is 0.763. The van der Waals surface area contributed by atoms with Crippen LogP contribution in [0.1, 0.15) is 16.8 Å². The minimum absolute atomic E-state index is 0.0371. The molecule has 10 heteroatoms. The summed E-state index contributed by atoms with van der Waals surface area (Å²) < 4.78 is 50.8. The molecule has 1 fully saturated rings. The van der Waals surface area contributed by atoms with Gasteiger partial charge in [0.1, 0.15) is 6.07 Å². The average molecular weight is 317 g/mol. The largest absolute Gasteiger partial charge is 0.488 e. The molecule has 0 radical (unpaired) electrons. The average Bonchev–Trinajstić information content (AvgIpc) is 2.80. The molecule has 21 heavy (non-hydrogen) atoms. The third-order valence-electron chi connectivity index (χ3n) is 2.86. The highest BCUT2D eigenvalue weighted by molar-refractivity contribution is 7.81. The highest BCUT2D eigenvalue weighted by atomic mass is 32.3. The Hall–Kier alpha value is -2.28. The SMILES string of the molecule is N#CC1(F)CCN(C(=O)c2cncc(OS(=O)(=O)F)c2)C1. The van der Waals surface area contributed by atoms with Crippen molar-refractivity contribution in [3.05, 3.63) is 24.0 Å². The van der Waals surface area contributed by atoms with Crippen molar-refractivity contribution < 1.29 is 25.7 Å². The van der Waals surface area contributed by atoms with E-state index in [4.69, 9.17) is 5.26 Å². The Kier molecular flexibility index (Phi) is 3.78. The summed E-state index contributed by atoms with van der Waals surface area (Å²) in [4.78, 5) is 16.7. The molecule has 1 saturated heterocycles. The van der Waals surface area contributed by atoms with Gasteiger partial charge in [-0.25, -0.2) is 4.39 Å². The van der Waals surface area contributed by atoms with E-state index in [2.05, 4.69) is 9.17 Å². The molecule has 0 spiro atoms. The van der Waals surface area contributed by atoms with Gasteiger partial charge < -0.3 is 9.08 Å². The number of nitriles is 1. The Balaban J connectivity index is 2.18. The topological polar surface area (TPSA) is 100 Å². The van der Waals surface area contributed by atoms with Gasteiger partial charge in [0.05, 0.1) is 18.3 Å². The highest BCUT2D eigenvalue weighted by Crippen LogP contribution is 2.26. The summed E-state index contributed by atoms with van der Waals surface area (Å²) in [5, 5.41) is 8.66. The van der Waals surface area contributed by atoms with Crippen LogP contribution >= 0.6 is 0 Å². The van der Waals surface area contributed by atoms with E-state index in [-0.39, 0.29) is 18.5 Å². The second-order valence-corrected chi connectivity index (χ2v) is 5.39. The van der Waals surface area contributed by atoms with E-state index in [1.54, 1.807) is 0 Å². The molecule has 112 valence electrons. The van der Waals surface area contributed by atoms with Crippen LogP contribution in [0, 0.1) is 11.3 Å². The molecule has 1 atom stereocenters. The summed E-state index contributed by atoms with van der Waals surface area (Å²) in [5.74, 6) is -1.13. The minimum Gasteiger partial charge on any atom is -0.357 e. The van der Waals surface area contributed by atoms with Gasteiger partial charge in [0.2, 0.25) is 5.67 Å². The number of amides is 1. The van der Waals surface area contributed by atoms with Gasteiger partial charge in [0, 0.05) is 19.2 Å². The van der Waals surface area contributed by atoms with Crippen molar-refractivity contribution >= 4 is 16.4 Å². The van der Waals surface area contributed by atoms with Crippen molar-refractivity contribution in [3.8, 4) is 11.8 Å². The van der Waals surface area contributed by atoms with Crippen LogP contribution in [0.3, 0.4) is 0 Å². The molecule has 1 aromatic heterocycles. The number of aromatic nitrogens is 1. The third-order valence-corrected chi connectivity index (χ3v) is 3.25. The maximum Gasteiger partial charge on any atom is 0.488 e. The zero-order chi connectivity index (χ0) is 15.7. The summed E-state index contributed by atoms with van der Waals surface area (Å²) >= 11 is 0. The first kappa shape index (κ1) is 15.1. The van der Waals surface area contributed by atoms with Gasteiger partial charge in [0.15, 0.2) is 5.75 Å². The molecule has 7 nitrogen and oxygen atoms in total. The van der Waals surface area contributed by atoms with E-state index in [1.807, 2.05) is 0 Å². The van der Waals surface area contributed by atoms with Gasteiger partial charge in [-0.15, -0.1) is 0 Å². The van der Waals surface area contributed by atoms with Crippen LogP contribution in [0.5, 0.6) is 5.75 Å². The van der Waals surface area contributed by atoms with Crippen molar-refractivity contribution in [1.82, 2.24) is 9.88 Å². The molecule has 0 aromatic carbocycles. The molecule has 1 amide bonds. The molecular formula is C11H9F2N3O4S. The van der Waals surface area contributed by atoms with Crippen LogP contribution in [0.2, 0.25) is 0 Å². The van der Waals surface area contributed by atoms with Crippen molar-refractivity contribution in [3.63, 3.8) is 0 Å². The lowest BCUT2D eigenvalue weighted by Gasteiger charge is -2.16. The van der Waals surface area contributed by atoms with E-state index >= 15 is 0 Å². The lowest BCUT2D eigenvalue weighted by Crippen LogP contribution is -2.32. The highest BCUT2D eigenvalue weighted by Gasteiger charge is 2.40. The van der Waals surface area contributed by atoms with E-state index < -0.39 is 34.4 Å². The lowest BCUT2D eigenvalue weighted by atomic mass is 10.1. The van der Waals surface area contributed by atoms with E-state index in [1.165, 1.54) is 6.07 Å². The normalized spacial score (nSPS) is 21.9. The second-order valence-electron chi connectivity index (χ2n) is 4.44. The maximum absolute atomic E-state index is 13.7. The zero-order valence-corrected chi connectivity index (χ0v) is 11.3. The first-order valence-corrected chi connectivity index (χ1v) is 7.02. The Morgan fingerprint density at radius 2 is 2.24 bits per heavy atom. The number of hydrogen-bond donors (Lipinski definition) is 0. The molecule has 1 aromatic rings. The molecule has 2 rings (SSSR count). The number of carbonyl (C=O) groups excluding carboxylic acids is 1. The Labute approximate surface area is 119 Å². The number of alkyl halides is 1. The predicted molar refractivity (Wildman–Crippen MR) is 64.9 cm³/mol. The zero-order valence-electron chi connectivity index (χ0n) is 10.5. The second kappa shape index (κ2) is 5.25. The molecule has 1 unspecified atom stereocenters. The van der Waals surface area contributed by atoms with Gasteiger partial charge in [-0.2, -0.15) is 13.7 Å². The summed E-state index contributed by atoms with van der Waals surface area (Å²) in [6.45, 7) is -0.357. The van der Waals surface area contributed by atoms with Crippen molar-refractivity contribution in [2.45, 2.75) is 12.1 Å². The van der Waals surface area contributed by atoms with Gasteiger partial charge in [-0.1, -0.05) is 3.89 Å². The summed E-state index contributed by atoms with van der Waals surface area (Å²) in [6.07, 6.45) is 1.90. The molecule has 1 aliphatic rings. The summed E-state index contributed by atoms with van der Waals surface area (Å²) in [5.41, 5.74) is -2.20. The number of pyridine rings is 1. The molecular weight excluding hydrogens is 308 g/mol. The van der Waals surface area contributed by atoms with Gasteiger partial charge in [-0.05, 0) is 6.07 Å². The number of carbonyl (C=O) groups is 1. The fourth-order valence-electron chi connectivity index (χ4n) is 1.92. The standard InChI is InChI=1S/C11H9F2N3O4S/c12-11(6-14)1-2-16(7-11)10(17)8-3-9(5-15-4-8)20-21(13,18)19/h3-5H,1-2,7H2. The van der Waals surface area contributed by atoms with Crippen LogP contribution in [-0.4, -0.2) is 43.0 Å². The van der Waals surface area contributed by atoms with Crippen LogP contribution in [-0.2, 0) is 10.5 Å². The van der Waals surface area contributed by atoms with Crippen molar-refractivity contribution in [2.75, 3.05) is 13.1 Å². The Bertz CT molecular complexity index is 718. The molecule has 0 bridgehead atoms. The molecule has 0 aliphatic carbocycles. The summed E-state index contributed by atoms with van der Waals surface area (Å²) in [7, 11) is -5.23. The van der Waals surface area contributed by atoms with Gasteiger partial charge in [0.25, 0.3) is 5.91 Å². The van der Waals surface area contributed by atoms with Gasteiger partial charge >= 0.3 is 10.5 Å². The Morgan fingerprint density at radius 1 is 1.52 bits per heavy atom. The number of nitrogens with zero attached hydrogens (tertiary/aromatic N) is 3. The Morgan fingerprint density at radius 3 is 2.81 bits per heavy atom. The number of hydrogen-bond acceptors (Lipinski definition) is 6. The molecule has 0 saturated carbocycles. The molecule has 1 aliphatic heterocycles. The van der Waals surface area contributed by atoms with Crippen LogP contribution < -0.4 is 4.18 Å². The van der Waals surface area contributed by atoms with E-state index in [0.717, 1.165) is 23.4 Å². The van der Waals surface area contributed by atoms with Crippen LogP contribution in [0.4, 0.5) is 8.28 Å². The number of likely N-dealkylation sites (tertiary alicyclic amines) is 1. The van der Waals surface area contributed by atoms with Crippen LogP contribution in [0.25, 0.3) is 0 Å². The van der Waals surface area contributed by atoms with E-state index in [0.29, 0.717) is 0 Å². The third kappa shape index (κ3) is 3.63. The number of halogens is 2. The fourth-order valence-corrected chi connectivity index (χ4v) is 2.24.